The third kappa shape index (κ3) is 5.95. The number of nitrogens with two attached hydrogens (primary N) is 1. The van der Waals surface area contributed by atoms with E-state index in [1.165, 1.54) is 5.56 Å². The summed E-state index contributed by atoms with van der Waals surface area (Å²) in [5.41, 5.74) is 6.93. The van der Waals surface area contributed by atoms with Crippen LogP contribution in [0.4, 0.5) is 0 Å². The Labute approximate surface area is 135 Å². The normalized spacial score (nSPS) is 17.1. The van der Waals surface area contributed by atoms with Crippen LogP contribution < -0.4 is 10.5 Å². The van der Waals surface area contributed by atoms with Gasteiger partial charge in [-0.25, -0.2) is 0 Å². The van der Waals surface area contributed by atoms with E-state index in [-0.39, 0.29) is 0 Å². The van der Waals surface area contributed by atoms with Crippen molar-refractivity contribution in [3.8, 4) is 5.75 Å². The van der Waals surface area contributed by atoms with Crippen molar-refractivity contribution in [2.75, 3.05) is 45.9 Å². The van der Waals surface area contributed by atoms with Crippen molar-refractivity contribution >= 4 is 0 Å². The van der Waals surface area contributed by atoms with Crippen LogP contribution in [0.5, 0.6) is 5.75 Å². The lowest BCUT2D eigenvalue weighted by Gasteiger charge is -2.34. The maximum atomic E-state index is 5.82. The number of rotatable bonds is 8. The zero-order chi connectivity index (χ0) is 15.8. The average molecular weight is 305 g/mol. The van der Waals surface area contributed by atoms with Crippen molar-refractivity contribution in [2.24, 2.45) is 11.7 Å². The van der Waals surface area contributed by atoms with Crippen LogP contribution in [-0.2, 0) is 6.54 Å². The molecule has 1 aromatic rings. The van der Waals surface area contributed by atoms with Crippen LogP contribution in [0.25, 0.3) is 0 Å². The smallest absolute Gasteiger partial charge is 0.119 e. The van der Waals surface area contributed by atoms with E-state index in [1.807, 2.05) is 0 Å². The molecule has 1 heterocycles. The van der Waals surface area contributed by atoms with Crippen molar-refractivity contribution in [2.45, 2.75) is 26.8 Å². The highest BCUT2D eigenvalue weighted by Crippen LogP contribution is 2.16. The summed E-state index contributed by atoms with van der Waals surface area (Å²) in [4.78, 5) is 5.05. The predicted molar refractivity (Wildman–Crippen MR) is 92.2 cm³/mol. The standard InChI is InChI=1S/C18H31N3O/c1-16(2)15-22-18-6-3-5-17(13-18)14-21-11-9-20(10-12-21)8-4-7-19/h3,5-6,13,16H,4,7-12,14-15,19H2,1-2H3. The van der Waals surface area contributed by atoms with Crippen molar-refractivity contribution in [3.05, 3.63) is 29.8 Å². The molecule has 0 saturated carbocycles. The summed E-state index contributed by atoms with van der Waals surface area (Å²) in [5.74, 6) is 1.55. The molecule has 4 heteroatoms. The minimum atomic E-state index is 0.560. The molecule has 2 N–H and O–H groups in total. The zero-order valence-electron chi connectivity index (χ0n) is 14.1. The molecule has 0 atom stereocenters. The van der Waals surface area contributed by atoms with Crippen LogP contribution in [0.15, 0.2) is 24.3 Å². The van der Waals surface area contributed by atoms with Gasteiger partial charge in [-0.05, 0) is 43.1 Å². The number of benzene rings is 1. The summed E-state index contributed by atoms with van der Waals surface area (Å²) in [6.45, 7) is 12.7. The Morgan fingerprint density at radius 3 is 2.55 bits per heavy atom. The van der Waals surface area contributed by atoms with Crippen molar-refractivity contribution < 1.29 is 4.74 Å². The highest BCUT2D eigenvalue weighted by molar-refractivity contribution is 5.28. The Morgan fingerprint density at radius 1 is 1.14 bits per heavy atom. The third-order valence-electron chi connectivity index (χ3n) is 4.03. The molecule has 0 aliphatic carbocycles. The predicted octanol–water partition coefficient (Wildman–Crippen LogP) is 2.19. The Balaban J connectivity index is 1.78. The van der Waals surface area contributed by atoms with Gasteiger partial charge in [0.2, 0.25) is 0 Å². The Hall–Kier alpha value is -1.10. The minimum absolute atomic E-state index is 0.560. The van der Waals surface area contributed by atoms with Gasteiger partial charge >= 0.3 is 0 Å². The summed E-state index contributed by atoms with van der Waals surface area (Å²) in [7, 11) is 0. The summed E-state index contributed by atoms with van der Waals surface area (Å²) < 4.78 is 5.82. The molecule has 0 amide bonds. The highest BCUT2D eigenvalue weighted by Gasteiger charge is 2.16. The summed E-state index contributed by atoms with van der Waals surface area (Å²) in [6, 6.07) is 8.53. The second kappa shape index (κ2) is 9.13. The van der Waals surface area contributed by atoms with Gasteiger partial charge in [0.15, 0.2) is 0 Å². The summed E-state index contributed by atoms with van der Waals surface area (Å²) in [6.07, 6.45) is 1.11. The molecule has 1 aromatic carbocycles. The molecule has 0 unspecified atom stereocenters. The zero-order valence-corrected chi connectivity index (χ0v) is 14.1. The fourth-order valence-corrected chi connectivity index (χ4v) is 2.74. The van der Waals surface area contributed by atoms with Crippen molar-refractivity contribution in [1.29, 1.82) is 0 Å². The summed E-state index contributed by atoms with van der Waals surface area (Å²) in [5, 5.41) is 0. The number of ether oxygens (including phenoxy) is 1. The van der Waals surface area contributed by atoms with Gasteiger partial charge in [-0.1, -0.05) is 26.0 Å². The lowest BCUT2D eigenvalue weighted by atomic mass is 10.2. The van der Waals surface area contributed by atoms with Gasteiger partial charge in [-0.15, -0.1) is 0 Å². The molecule has 0 spiro atoms. The van der Waals surface area contributed by atoms with Crippen molar-refractivity contribution in [3.63, 3.8) is 0 Å². The van der Waals surface area contributed by atoms with E-state index in [4.69, 9.17) is 10.5 Å². The maximum absolute atomic E-state index is 5.82. The molecule has 22 heavy (non-hydrogen) atoms. The number of hydrogen-bond donors (Lipinski definition) is 1. The largest absolute Gasteiger partial charge is 0.493 e. The van der Waals surface area contributed by atoms with Crippen LogP contribution in [-0.4, -0.2) is 55.7 Å². The average Bonchev–Trinajstić information content (AvgIpc) is 2.53. The molecular weight excluding hydrogens is 274 g/mol. The first kappa shape index (κ1) is 17.3. The lowest BCUT2D eigenvalue weighted by Crippen LogP contribution is -2.46. The SMILES string of the molecule is CC(C)COc1cccc(CN2CCN(CCCN)CC2)c1. The van der Waals surface area contributed by atoms with E-state index in [2.05, 4.69) is 47.9 Å². The molecule has 0 aromatic heterocycles. The monoisotopic (exact) mass is 305 g/mol. The first-order valence-corrected chi connectivity index (χ1v) is 8.54. The fourth-order valence-electron chi connectivity index (χ4n) is 2.74. The van der Waals surface area contributed by atoms with E-state index in [0.717, 1.165) is 64.6 Å². The van der Waals surface area contributed by atoms with Gasteiger partial charge in [0.1, 0.15) is 5.75 Å². The first-order chi connectivity index (χ1) is 10.7. The Morgan fingerprint density at radius 2 is 1.86 bits per heavy atom. The van der Waals surface area contributed by atoms with E-state index >= 15 is 0 Å². The molecule has 2 rings (SSSR count). The van der Waals surface area contributed by atoms with Gasteiger partial charge in [0.05, 0.1) is 6.61 Å². The van der Waals surface area contributed by atoms with E-state index < -0.39 is 0 Å². The van der Waals surface area contributed by atoms with Crippen LogP contribution in [0.1, 0.15) is 25.8 Å². The first-order valence-electron chi connectivity index (χ1n) is 8.54. The number of hydrogen-bond acceptors (Lipinski definition) is 4. The topological polar surface area (TPSA) is 41.7 Å². The minimum Gasteiger partial charge on any atom is -0.493 e. The van der Waals surface area contributed by atoms with Gasteiger partial charge in [0, 0.05) is 32.7 Å². The second-order valence-corrected chi connectivity index (χ2v) is 6.61. The van der Waals surface area contributed by atoms with E-state index in [0.29, 0.717) is 5.92 Å². The molecule has 1 saturated heterocycles. The molecule has 0 bridgehead atoms. The molecule has 4 nitrogen and oxygen atoms in total. The Bertz CT molecular complexity index is 428. The fraction of sp³-hybridized carbons (Fsp3) is 0.667. The van der Waals surface area contributed by atoms with Crippen LogP contribution in [0.2, 0.25) is 0 Å². The summed E-state index contributed by atoms with van der Waals surface area (Å²) >= 11 is 0. The quantitative estimate of drug-likeness (QED) is 0.799. The Kier molecular flexibility index (Phi) is 7.16. The molecule has 1 aliphatic rings. The number of piperazine rings is 1. The molecule has 1 fully saturated rings. The highest BCUT2D eigenvalue weighted by atomic mass is 16.5. The van der Waals surface area contributed by atoms with Crippen LogP contribution in [0.3, 0.4) is 0 Å². The van der Waals surface area contributed by atoms with Gasteiger partial charge < -0.3 is 15.4 Å². The van der Waals surface area contributed by atoms with Crippen molar-refractivity contribution in [1.82, 2.24) is 9.80 Å². The molecule has 124 valence electrons. The molecular formula is C18H31N3O. The lowest BCUT2D eigenvalue weighted by molar-refractivity contribution is 0.126. The van der Waals surface area contributed by atoms with Gasteiger partial charge in [0.25, 0.3) is 0 Å². The van der Waals surface area contributed by atoms with Crippen LogP contribution in [0, 0.1) is 5.92 Å². The number of nitrogens with zero attached hydrogens (tertiary/aromatic N) is 2. The second-order valence-electron chi connectivity index (χ2n) is 6.61. The molecule has 0 radical (unpaired) electrons. The van der Waals surface area contributed by atoms with Gasteiger partial charge in [-0.2, -0.15) is 0 Å². The van der Waals surface area contributed by atoms with Gasteiger partial charge in [-0.3, -0.25) is 4.90 Å². The molecule has 1 aliphatic heterocycles. The third-order valence-corrected chi connectivity index (χ3v) is 4.03. The maximum Gasteiger partial charge on any atom is 0.119 e. The van der Waals surface area contributed by atoms with E-state index in [1.54, 1.807) is 0 Å². The van der Waals surface area contributed by atoms with E-state index in [9.17, 15) is 0 Å². The van der Waals surface area contributed by atoms with Crippen LogP contribution >= 0.6 is 0 Å².